The highest BCUT2D eigenvalue weighted by molar-refractivity contribution is 6.28. The smallest absolute Gasteiger partial charge is 0.332 e. The Balaban J connectivity index is 1.45. The van der Waals surface area contributed by atoms with Crippen molar-refractivity contribution in [3.63, 3.8) is 0 Å². The van der Waals surface area contributed by atoms with Crippen LogP contribution in [0.5, 0.6) is 0 Å². The molecule has 3 heterocycles. The topological polar surface area (TPSA) is 112 Å². The molecule has 0 amide bonds. The maximum Gasteiger partial charge on any atom is 0.332 e. The van der Waals surface area contributed by atoms with Gasteiger partial charge in [-0.15, -0.1) is 0 Å². The molecule has 0 aliphatic rings. The van der Waals surface area contributed by atoms with Crippen LogP contribution in [0.4, 0.5) is 8.78 Å². The molecule has 0 atom stereocenters. The minimum absolute atomic E-state index is 0.0242. The highest BCUT2D eigenvalue weighted by atomic mass is 35.5. The van der Waals surface area contributed by atoms with Gasteiger partial charge in [-0.2, -0.15) is 9.97 Å². The number of nitrogens with zero attached hydrogens (tertiary/aromatic N) is 5. The highest BCUT2D eigenvalue weighted by Crippen LogP contribution is 2.21. The maximum absolute atomic E-state index is 13.8. The van der Waals surface area contributed by atoms with Gasteiger partial charge in [0.2, 0.25) is 17.0 Å². The predicted octanol–water partition coefficient (Wildman–Crippen LogP) is 2.91. The average Bonchev–Trinajstić information content (AvgIpc) is 3.34. The van der Waals surface area contributed by atoms with Crippen molar-refractivity contribution in [2.24, 2.45) is 0 Å². The molecule has 0 unspecified atom stereocenters. The lowest BCUT2D eigenvalue weighted by Crippen LogP contribution is -2.40. The van der Waals surface area contributed by atoms with Crippen molar-refractivity contribution < 1.29 is 13.3 Å². The van der Waals surface area contributed by atoms with Gasteiger partial charge < -0.3 is 9.51 Å². The number of aromatic nitrogens is 6. The molecule has 1 aromatic carbocycles. The van der Waals surface area contributed by atoms with Crippen LogP contribution in [-0.4, -0.2) is 29.2 Å². The summed E-state index contributed by atoms with van der Waals surface area (Å²) in [6.45, 7) is 2.29. The van der Waals surface area contributed by atoms with E-state index in [4.69, 9.17) is 16.1 Å². The molecule has 0 fully saturated rings. The zero-order valence-electron chi connectivity index (χ0n) is 16.4. The molecule has 0 bridgehead atoms. The van der Waals surface area contributed by atoms with Crippen LogP contribution in [-0.2, 0) is 19.5 Å². The van der Waals surface area contributed by atoms with E-state index >= 15 is 0 Å². The number of fused-ring (bicyclic) bond motifs is 1. The summed E-state index contributed by atoms with van der Waals surface area (Å²) in [5, 5.41) is 3.76. The summed E-state index contributed by atoms with van der Waals surface area (Å²) in [6, 6.07) is 3.09. The molecule has 12 heteroatoms. The van der Waals surface area contributed by atoms with Crippen LogP contribution >= 0.6 is 11.6 Å². The molecule has 0 aliphatic heterocycles. The van der Waals surface area contributed by atoms with Crippen LogP contribution in [0.3, 0.4) is 0 Å². The average molecular weight is 451 g/mol. The second-order valence-corrected chi connectivity index (χ2v) is 7.16. The van der Waals surface area contributed by atoms with Gasteiger partial charge in [-0.05, 0) is 43.5 Å². The summed E-state index contributed by atoms with van der Waals surface area (Å²) in [7, 11) is 0. The second kappa shape index (κ2) is 8.42. The fourth-order valence-corrected chi connectivity index (χ4v) is 3.48. The van der Waals surface area contributed by atoms with Crippen LogP contribution in [0.1, 0.15) is 25.7 Å². The van der Waals surface area contributed by atoms with Crippen LogP contribution in [0.15, 0.2) is 32.3 Å². The van der Waals surface area contributed by atoms with Crippen molar-refractivity contribution in [2.45, 2.75) is 39.3 Å². The number of imidazole rings is 1. The minimum Gasteiger partial charge on any atom is -0.339 e. The molecule has 0 aliphatic carbocycles. The minimum atomic E-state index is -0.784. The third-order valence-electron chi connectivity index (χ3n) is 4.81. The van der Waals surface area contributed by atoms with Crippen LogP contribution in [0.25, 0.3) is 22.6 Å². The third kappa shape index (κ3) is 4.00. The number of benzene rings is 1. The zero-order chi connectivity index (χ0) is 22.1. The quantitative estimate of drug-likeness (QED) is 0.342. The van der Waals surface area contributed by atoms with Crippen molar-refractivity contribution in [2.75, 3.05) is 0 Å². The molecule has 0 spiro atoms. The molecule has 0 radical (unpaired) electrons. The SMILES string of the molecule is CCn1c(=O)n(CCCCc2nc(-c3ccc(F)cc3F)no2)c(=O)c2[nH]c(Cl)nc21. The molecule has 162 valence electrons. The van der Waals surface area contributed by atoms with Gasteiger partial charge in [0.25, 0.3) is 5.56 Å². The molecule has 9 nitrogen and oxygen atoms in total. The van der Waals surface area contributed by atoms with Crippen molar-refractivity contribution in [3.05, 3.63) is 61.8 Å². The number of hydrogen-bond donors (Lipinski definition) is 1. The van der Waals surface area contributed by atoms with Crippen molar-refractivity contribution in [1.29, 1.82) is 0 Å². The molecule has 1 N–H and O–H groups in total. The van der Waals surface area contributed by atoms with Crippen LogP contribution in [0.2, 0.25) is 5.28 Å². The number of hydrogen-bond acceptors (Lipinski definition) is 6. The van der Waals surface area contributed by atoms with E-state index in [-0.39, 0.29) is 40.3 Å². The first-order chi connectivity index (χ1) is 14.9. The second-order valence-electron chi connectivity index (χ2n) is 6.80. The maximum atomic E-state index is 13.8. The largest absolute Gasteiger partial charge is 0.339 e. The van der Waals surface area contributed by atoms with E-state index in [9.17, 15) is 18.4 Å². The monoisotopic (exact) mass is 450 g/mol. The molecule has 4 rings (SSSR count). The van der Waals surface area contributed by atoms with E-state index in [1.807, 2.05) is 0 Å². The first-order valence-corrected chi connectivity index (χ1v) is 9.93. The standard InChI is InChI=1S/C19H17ClF2N6O3/c1-2-27-16-14(24-18(20)25-16)17(29)28(19(27)30)8-4-3-5-13-23-15(26-31-13)11-7-6-10(21)9-12(11)22/h6-7,9H,2-5,8H2,1H3,(H,24,25). The van der Waals surface area contributed by atoms with E-state index in [0.29, 0.717) is 25.8 Å². The van der Waals surface area contributed by atoms with Gasteiger partial charge in [0.15, 0.2) is 11.2 Å². The van der Waals surface area contributed by atoms with Gasteiger partial charge in [0, 0.05) is 25.6 Å². The first-order valence-electron chi connectivity index (χ1n) is 9.56. The Morgan fingerprint density at radius 3 is 2.71 bits per heavy atom. The lowest BCUT2D eigenvalue weighted by molar-refractivity contribution is 0.372. The molecule has 3 aromatic heterocycles. The molecular weight excluding hydrogens is 434 g/mol. The van der Waals surface area contributed by atoms with E-state index in [1.54, 1.807) is 6.92 Å². The Morgan fingerprint density at radius 2 is 1.97 bits per heavy atom. The number of rotatable bonds is 7. The first kappa shape index (κ1) is 20.9. The Kier molecular flexibility index (Phi) is 5.68. The fraction of sp³-hybridized carbons (Fsp3) is 0.316. The molecular formula is C19H17ClF2N6O3. The van der Waals surface area contributed by atoms with Gasteiger partial charge in [0.1, 0.15) is 11.6 Å². The van der Waals surface area contributed by atoms with E-state index in [1.165, 1.54) is 10.6 Å². The van der Waals surface area contributed by atoms with Crippen molar-refractivity contribution in [1.82, 2.24) is 29.2 Å². The van der Waals surface area contributed by atoms with Gasteiger partial charge in [-0.3, -0.25) is 13.9 Å². The zero-order valence-corrected chi connectivity index (χ0v) is 17.1. The summed E-state index contributed by atoms with van der Waals surface area (Å²) in [4.78, 5) is 36.1. The highest BCUT2D eigenvalue weighted by Gasteiger charge is 2.17. The molecule has 31 heavy (non-hydrogen) atoms. The van der Waals surface area contributed by atoms with Gasteiger partial charge in [0.05, 0.1) is 5.56 Å². The van der Waals surface area contributed by atoms with Crippen LogP contribution in [0, 0.1) is 11.6 Å². The van der Waals surface area contributed by atoms with Crippen molar-refractivity contribution >= 4 is 22.8 Å². The van der Waals surface area contributed by atoms with Crippen molar-refractivity contribution in [3.8, 4) is 11.4 Å². The van der Waals surface area contributed by atoms with E-state index in [0.717, 1.165) is 16.7 Å². The number of H-pyrrole nitrogens is 1. The Morgan fingerprint density at radius 1 is 1.16 bits per heavy atom. The third-order valence-corrected chi connectivity index (χ3v) is 4.99. The molecule has 0 saturated heterocycles. The van der Waals surface area contributed by atoms with Gasteiger partial charge >= 0.3 is 5.69 Å². The normalized spacial score (nSPS) is 11.5. The summed E-state index contributed by atoms with van der Waals surface area (Å²) in [6.07, 6.45) is 1.38. The van der Waals surface area contributed by atoms with Gasteiger partial charge in [-0.25, -0.2) is 13.6 Å². The van der Waals surface area contributed by atoms with Crippen LogP contribution < -0.4 is 11.2 Å². The lowest BCUT2D eigenvalue weighted by Gasteiger charge is -2.09. The van der Waals surface area contributed by atoms with Gasteiger partial charge in [-0.1, -0.05) is 5.16 Å². The fourth-order valence-electron chi connectivity index (χ4n) is 3.30. The molecule has 0 saturated carbocycles. The number of aromatic amines is 1. The number of unbranched alkanes of at least 4 members (excludes halogenated alkanes) is 1. The molecule has 4 aromatic rings. The number of aryl methyl sites for hydroxylation is 2. The Labute approximate surface area is 178 Å². The number of halogens is 3. The summed E-state index contributed by atoms with van der Waals surface area (Å²) >= 11 is 5.85. The Bertz CT molecular complexity index is 1370. The summed E-state index contributed by atoms with van der Waals surface area (Å²) in [5.41, 5.74) is -0.514. The summed E-state index contributed by atoms with van der Waals surface area (Å²) in [5.74, 6) is -1.19. The van der Waals surface area contributed by atoms with E-state index < -0.39 is 22.9 Å². The van der Waals surface area contributed by atoms with E-state index in [2.05, 4.69) is 20.1 Å². The Hall–Kier alpha value is -3.34. The predicted molar refractivity (Wildman–Crippen MR) is 108 cm³/mol. The lowest BCUT2D eigenvalue weighted by atomic mass is 10.2. The number of nitrogens with one attached hydrogen (secondary N) is 1. The summed E-state index contributed by atoms with van der Waals surface area (Å²) < 4.78 is 34.5.